The third-order valence-corrected chi connectivity index (χ3v) is 8.48. The zero-order valence-corrected chi connectivity index (χ0v) is 25.6. The minimum absolute atomic E-state index is 0.308. The average Bonchev–Trinajstić information content (AvgIpc) is 3.46. The molecule has 0 bridgehead atoms. The Hall–Kier alpha value is -4.19. The van der Waals surface area contributed by atoms with Crippen LogP contribution < -0.4 is 5.69 Å². The van der Waals surface area contributed by atoms with E-state index >= 15 is 0 Å². The molecule has 42 heavy (non-hydrogen) atoms. The largest absolute Gasteiger partial charge is 0.444 e. The first kappa shape index (κ1) is 29.3. The van der Waals surface area contributed by atoms with Gasteiger partial charge in [-0.1, -0.05) is 0 Å². The molecule has 0 fully saturated rings. The van der Waals surface area contributed by atoms with Gasteiger partial charge >= 0.3 is 11.8 Å². The zero-order valence-electron chi connectivity index (χ0n) is 24.8. The van der Waals surface area contributed by atoms with E-state index in [4.69, 9.17) is 14.6 Å². The summed E-state index contributed by atoms with van der Waals surface area (Å²) >= 11 is 0. The van der Waals surface area contributed by atoms with Crippen molar-refractivity contribution in [2.75, 3.05) is 12.8 Å². The van der Waals surface area contributed by atoms with Crippen LogP contribution in [0.5, 0.6) is 0 Å². The number of nitrogens with one attached hydrogen (secondary N) is 1. The second kappa shape index (κ2) is 10.3. The minimum Gasteiger partial charge on any atom is -0.444 e. The van der Waals surface area contributed by atoms with E-state index in [1.54, 1.807) is 72.2 Å². The third kappa shape index (κ3) is 5.26. The van der Waals surface area contributed by atoms with E-state index in [0.29, 0.717) is 51.7 Å². The monoisotopic (exact) mass is 594 g/mol. The van der Waals surface area contributed by atoms with E-state index in [2.05, 4.69) is 0 Å². The summed E-state index contributed by atoms with van der Waals surface area (Å²) in [5.41, 5.74) is 2.36. The van der Waals surface area contributed by atoms with Crippen LogP contribution in [0.3, 0.4) is 0 Å². The Morgan fingerprint density at radius 1 is 1.07 bits per heavy atom. The number of nitrogens with zero attached hydrogens (tertiary/aromatic N) is 5. The molecule has 12 heteroatoms. The van der Waals surface area contributed by atoms with Crippen LogP contribution in [0.15, 0.2) is 58.5 Å². The summed E-state index contributed by atoms with van der Waals surface area (Å²) in [5.74, 6) is 0.136. The number of imidazole rings is 1. The fourth-order valence-electron chi connectivity index (χ4n) is 5.28. The number of hydrogen-bond donors (Lipinski definition) is 1. The van der Waals surface area contributed by atoms with Gasteiger partial charge in [-0.15, -0.1) is 0 Å². The van der Waals surface area contributed by atoms with E-state index < -0.39 is 33.2 Å². The molecule has 4 aromatic rings. The molecule has 1 aliphatic rings. The summed E-state index contributed by atoms with van der Waals surface area (Å²) in [5, 5.41) is 4.88. The number of aryl methyl sites for hydroxylation is 2. The van der Waals surface area contributed by atoms with Crippen molar-refractivity contribution >= 4 is 15.8 Å². The number of aromatic nitrogens is 4. The maximum Gasteiger partial charge on any atom is 0.410 e. The van der Waals surface area contributed by atoms with Crippen molar-refractivity contribution in [2.24, 2.45) is 0 Å². The predicted molar refractivity (Wildman–Crippen MR) is 158 cm³/mol. The Labute approximate surface area is 244 Å². The van der Waals surface area contributed by atoms with Gasteiger partial charge in [-0.25, -0.2) is 27.6 Å². The molecule has 1 aliphatic heterocycles. The number of amides is 1. The number of benzene rings is 2. The normalized spacial score (nSPS) is 16.7. The quantitative estimate of drug-likeness (QED) is 0.337. The number of hydrogen-bond acceptors (Lipinski definition) is 6. The summed E-state index contributed by atoms with van der Waals surface area (Å²) in [6.07, 6.45) is 4.57. The highest BCUT2D eigenvalue weighted by atomic mass is 32.2. The van der Waals surface area contributed by atoms with Gasteiger partial charge in [0.05, 0.1) is 32.8 Å². The highest BCUT2D eigenvalue weighted by Crippen LogP contribution is 2.36. The summed E-state index contributed by atoms with van der Waals surface area (Å²) < 4.78 is 44.8. The van der Waals surface area contributed by atoms with Crippen molar-refractivity contribution in [3.05, 3.63) is 87.5 Å². The van der Waals surface area contributed by atoms with E-state index in [-0.39, 0.29) is 5.82 Å². The lowest BCUT2D eigenvalue weighted by Crippen LogP contribution is -2.42. The molecule has 10 nitrogen and oxygen atoms in total. The standard InChI is InChI=1S/C30H35FN6O4S/c1-18-16-22(17-19(2)26(18)31)37-27(25-20(3)34(13-12-24(25)33-37)29(39)41-30(4,5)6)36-15-14-35(28(36)38)21-8-10-23(11-9-21)42(7,32)40/h8-11,14-17,20,32H,12-13H2,1-7H3/t20-,42+/m0/s1. The summed E-state index contributed by atoms with van der Waals surface area (Å²) in [6, 6.07) is 9.33. The lowest BCUT2D eigenvalue weighted by Gasteiger charge is -2.34. The molecule has 0 aliphatic carbocycles. The van der Waals surface area contributed by atoms with Crippen LogP contribution in [0, 0.1) is 24.4 Å². The summed E-state index contributed by atoms with van der Waals surface area (Å²) in [4.78, 5) is 29.1. The molecule has 5 rings (SSSR count). The minimum atomic E-state index is -2.90. The molecular formula is C30H35FN6O4S. The maximum absolute atomic E-state index is 14.6. The van der Waals surface area contributed by atoms with Crippen LogP contribution in [0.1, 0.15) is 56.1 Å². The molecule has 2 aromatic carbocycles. The molecule has 1 N–H and O–H groups in total. The number of ether oxygens (including phenoxy) is 1. The molecule has 0 saturated heterocycles. The molecule has 0 saturated carbocycles. The summed E-state index contributed by atoms with van der Waals surface area (Å²) in [6.45, 7) is 11.1. The van der Waals surface area contributed by atoms with Crippen molar-refractivity contribution in [3.63, 3.8) is 0 Å². The van der Waals surface area contributed by atoms with Gasteiger partial charge < -0.3 is 9.64 Å². The van der Waals surface area contributed by atoms with Gasteiger partial charge in [0.25, 0.3) is 0 Å². The molecule has 0 spiro atoms. The second-order valence-corrected chi connectivity index (χ2v) is 13.9. The van der Waals surface area contributed by atoms with E-state index in [1.165, 1.54) is 15.4 Å². The molecule has 3 heterocycles. The van der Waals surface area contributed by atoms with Crippen molar-refractivity contribution in [1.82, 2.24) is 23.8 Å². The van der Waals surface area contributed by atoms with E-state index in [0.717, 1.165) is 5.69 Å². The smallest absolute Gasteiger partial charge is 0.410 e. The topological polar surface area (TPSA) is 115 Å². The number of fused-ring (bicyclic) bond motifs is 1. The lowest BCUT2D eigenvalue weighted by molar-refractivity contribution is 0.0159. The maximum atomic E-state index is 14.6. The molecule has 2 atom stereocenters. The van der Waals surface area contributed by atoms with Gasteiger partial charge in [-0.05, 0) is 89.1 Å². The highest BCUT2D eigenvalue weighted by Gasteiger charge is 2.37. The average molecular weight is 595 g/mol. The Morgan fingerprint density at radius 2 is 1.67 bits per heavy atom. The van der Waals surface area contributed by atoms with Crippen LogP contribution >= 0.6 is 0 Å². The van der Waals surface area contributed by atoms with Crippen molar-refractivity contribution in [3.8, 4) is 17.2 Å². The lowest BCUT2D eigenvalue weighted by atomic mass is 10.00. The molecule has 1 amide bonds. The van der Waals surface area contributed by atoms with E-state index in [1.807, 2.05) is 27.7 Å². The zero-order chi connectivity index (χ0) is 30.7. The molecule has 0 unspecified atom stereocenters. The third-order valence-electron chi connectivity index (χ3n) is 7.31. The first-order valence-electron chi connectivity index (χ1n) is 13.6. The number of rotatable bonds is 4. The SMILES string of the molecule is Cc1cc(-n2nc3c(c2-n2ccn(-c4ccc([S@](C)(=N)=O)cc4)c2=O)[C@H](C)N(C(=O)OC(C)(C)C)CC3)cc(C)c1F. The van der Waals surface area contributed by atoms with Crippen molar-refractivity contribution < 1.29 is 18.1 Å². The van der Waals surface area contributed by atoms with Crippen LogP contribution in [0.4, 0.5) is 9.18 Å². The van der Waals surface area contributed by atoms with Gasteiger partial charge in [-0.3, -0.25) is 9.13 Å². The van der Waals surface area contributed by atoms with Crippen molar-refractivity contribution in [2.45, 2.75) is 64.5 Å². The van der Waals surface area contributed by atoms with Crippen molar-refractivity contribution in [1.29, 1.82) is 4.78 Å². The Kier molecular flexibility index (Phi) is 7.16. The predicted octanol–water partition coefficient (Wildman–Crippen LogP) is 5.46. The molecular weight excluding hydrogens is 559 g/mol. The van der Waals surface area contributed by atoms with Crippen LogP contribution in [-0.2, 0) is 20.9 Å². The Morgan fingerprint density at radius 3 is 2.24 bits per heavy atom. The number of carbonyl (C=O) groups excluding carboxylic acids is 1. The highest BCUT2D eigenvalue weighted by molar-refractivity contribution is 7.91. The molecule has 222 valence electrons. The molecule has 0 radical (unpaired) electrons. The van der Waals surface area contributed by atoms with E-state index in [9.17, 15) is 18.2 Å². The molecule has 2 aromatic heterocycles. The van der Waals surface area contributed by atoms with Crippen LogP contribution in [0.25, 0.3) is 17.2 Å². The van der Waals surface area contributed by atoms with Crippen LogP contribution in [0.2, 0.25) is 0 Å². The fourth-order valence-corrected chi connectivity index (χ4v) is 5.94. The first-order chi connectivity index (χ1) is 19.6. The Balaban J connectivity index is 1.69. The van der Waals surface area contributed by atoms with Gasteiger partial charge in [0.1, 0.15) is 17.2 Å². The van der Waals surface area contributed by atoms with Crippen LogP contribution in [-0.4, -0.2) is 52.5 Å². The van der Waals surface area contributed by atoms with Gasteiger partial charge in [-0.2, -0.15) is 5.10 Å². The van der Waals surface area contributed by atoms with Gasteiger partial charge in [0.2, 0.25) is 0 Å². The van der Waals surface area contributed by atoms with Gasteiger partial charge in [0, 0.05) is 42.1 Å². The first-order valence-corrected chi connectivity index (χ1v) is 15.6. The number of halogens is 1. The fraction of sp³-hybridized carbons (Fsp3) is 0.367. The number of carbonyl (C=O) groups is 1. The Bertz CT molecular complexity index is 1840. The summed E-state index contributed by atoms with van der Waals surface area (Å²) in [7, 11) is -2.90. The second-order valence-electron chi connectivity index (χ2n) is 11.7. The van der Waals surface area contributed by atoms with Gasteiger partial charge in [0.15, 0.2) is 0 Å².